The van der Waals surface area contributed by atoms with Crippen molar-refractivity contribution in [2.75, 3.05) is 64.0 Å². The normalized spacial score (nSPS) is 21.8. The Hall–Kier alpha value is 0.190. The molecule has 2 saturated heterocycles. The Morgan fingerprint density at radius 3 is 1.44 bits per heavy atom. The van der Waals surface area contributed by atoms with Crippen molar-refractivity contribution in [3.05, 3.63) is 0 Å². The zero-order valence-corrected chi connectivity index (χ0v) is 16.9. The van der Waals surface area contributed by atoms with E-state index in [9.17, 15) is 0 Å². The van der Waals surface area contributed by atoms with Gasteiger partial charge in [0.15, 0.2) is 0 Å². The van der Waals surface area contributed by atoms with E-state index in [1.54, 1.807) is 0 Å². The molecular weight excluding hydrogens is 332 g/mol. The Morgan fingerprint density at radius 2 is 1.08 bits per heavy atom. The van der Waals surface area contributed by atoms with Crippen LogP contribution in [0.1, 0.15) is 51.4 Å². The second-order valence-electron chi connectivity index (χ2n) is 7.91. The largest absolute Gasteiger partial charge is 0.396 e. The monoisotopic (exact) mass is 372 g/mol. The lowest BCUT2D eigenvalue weighted by molar-refractivity contribution is 0.159. The predicted molar refractivity (Wildman–Crippen MR) is 108 cm³/mol. The van der Waals surface area contributed by atoms with Crippen molar-refractivity contribution in [3.8, 4) is 0 Å². The molecule has 0 bridgehead atoms. The maximum atomic E-state index is 9.02. The van der Waals surface area contributed by atoms with Gasteiger partial charge in [0.25, 0.3) is 0 Å². The van der Waals surface area contributed by atoms with Crippen LogP contribution in [0.5, 0.6) is 0 Å². The van der Waals surface area contributed by atoms with Crippen LogP contribution in [0.4, 0.5) is 0 Å². The van der Waals surface area contributed by atoms with Gasteiger partial charge in [-0.05, 0) is 114 Å². The molecule has 25 heavy (non-hydrogen) atoms. The van der Waals surface area contributed by atoms with E-state index in [2.05, 4.69) is 21.6 Å². The third-order valence-corrected chi connectivity index (χ3v) is 7.17. The van der Waals surface area contributed by atoms with Crippen molar-refractivity contribution in [2.45, 2.75) is 51.4 Å². The average Bonchev–Trinajstić information content (AvgIpc) is 2.64. The van der Waals surface area contributed by atoms with Crippen molar-refractivity contribution in [1.29, 1.82) is 0 Å². The van der Waals surface area contributed by atoms with Crippen LogP contribution < -0.4 is 0 Å². The predicted octanol–water partition coefficient (Wildman–Crippen LogP) is 2.69. The molecular formula is C20H40N2O2S. The van der Waals surface area contributed by atoms with Gasteiger partial charge in [-0.1, -0.05) is 0 Å². The van der Waals surface area contributed by atoms with Crippen LogP contribution in [0.2, 0.25) is 0 Å². The van der Waals surface area contributed by atoms with Crippen molar-refractivity contribution < 1.29 is 10.2 Å². The number of likely N-dealkylation sites (tertiary alicyclic amines) is 2. The van der Waals surface area contributed by atoms with Crippen molar-refractivity contribution in [1.82, 2.24) is 9.80 Å². The van der Waals surface area contributed by atoms with Crippen LogP contribution in [0.3, 0.4) is 0 Å². The Kier molecular flexibility index (Phi) is 11.5. The topological polar surface area (TPSA) is 46.9 Å². The lowest BCUT2D eigenvalue weighted by atomic mass is 9.94. The van der Waals surface area contributed by atoms with Crippen molar-refractivity contribution in [2.24, 2.45) is 11.8 Å². The molecule has 2 N–H and O–H groups in total. The number of piperidine rings is 2. The molecule has 0 unspecified atom stereocenters. The summed E-state index contributed by atoms with van der Waals surface area (Å²) in [6.45, 7) is 8.20. The number of hydrogen-bond acceptors (Lipinski definition) is 5. The van der Waals surface area contributed by atoms with E-state index >= 15 is 0 Å². The van der Waals surface area contributed by atoms with Crippen LogP contribution >= 0.6 is 11.8 Å². The molecule has 0 spiro atoms. The standard InChI is InChI=1S/C20H40N2O2S/c23-15-7-19-3-11-21(12-4-19)9-1-17-25-18-2-10-22-13-5-20(6-14-22)8-16-24/h19-20,23-24H,1-18H2. The van der Waals surface area contributed by atoms with Crippen molar-refractivity contribution >= 4 is 11.8 Å². The van der Waals surface area contributed by atoms with Gasteiger partial charge in [-0.2, -0.15) is 11.8 Å². The van der Waals surface area contributed by atoms with Gasteiger partial charge in [-0.3, -0.25) is 0 Å². The van der Waals surface area contributed by atoms with Crippen LogP contribution in [0.15, 0.2) is 0 Å². The van der Waals surface area contributed by atoms with Gasteiger partial charge in [0.1, 0.15) is 0 Å². The van der Waals surface area contributed by atoms with E-state index in [0.717, 1.165) is 24.7 Å². The molecule has 148 valence electrons. The average molecular weight is 373 g/mol. The summed E-state index contributed by atoms with van der Waals surface area (Å²) in [7, 11) is 0. The zero-order chi connectivity index (χ0) is 17.7. The van der Waals surface area contributed by atoms with Gasteiger partial charge in [0, 0.05) is 13.2 Å². The first kappa shape index (κ1) is 21.5. The van der Waals surface area contributed by atoms with Gasteiger partial charge in [-0.25, -0.2) is 0 Å². The molecule has 0 radical (unpaired) electrons. The minimum atomic E-state index is 0.363. The van der Waals surface area contributed by atoms with Crippen molar-refractivity contribution in [3.63, 3.8) is 0 Å². The number of hydrogen-bond donors (Lipinski definition) is 2. The van der Waals surface area contributed by atoms with E-state index in [4.69, 9.17) is 10.2 Å². The third kappa shape index (κ3) is 9.09. The molecule has 0 aromatic rings. The second-order valence-corrected chi connectivity index (χ2v) is 9.14. The molecule has 0 aromatic carbocycles. The summed E-state index contributed by atoms with van der Waals surface area (Å²) < 4.78 is 0. The zero-order valence-electron chi connectivity index (χ0n) is 16.1. The SMILES string of the molecule is OCCC1CCN(CCCSCCCN2CCC(CCO)CC2)CC1. The van der Waals surface area contributed by atoms with E-state index in [1.807, 2.05) is 0 Å². The first-order valence-electron chi connectivity index (χ1n) is 10.6. The van der Waals surface area contributed by atoms with E-state index in [1.165, 1.54) is 89.3 Å². The van der Waals surface area contributed by atoms with E-state index < -0.39 is 0 Å². The molecule has 0 amide bonds. The van der Waals surface area contributed by atoms with Gasteiger partial charge in [0.2, 0.25) is 0 Å². The molecule has 0 aromatic heterocycles. The third-order valence-electron chi connectivity index (χ3n) is 6.02. The lowest BCUT2D eigenvalue weighted by Crippen LogP contribution is -2.35. The van der Waals surface area contributed by atoms with E-state index in [0.29, 0.717) is 13.2 Å². The molecule has 2 rings (SSSR count). The smallest absolute Gasteiger partial charge is 0.0433 e. The lowest BCUT2D eigenvalue weighted by Gasteiger charge is -2.32. The maximum Gasteiger partial charge on any atom is 0.0433 e. The Balaban J connectivity index is 1.37. The maximum absolute atomic E-state index is 9.02. The van der Waals surface area contributed by atoms with Gasteiger partial charge in [-0.15, -0.1) is 0 Å². The second kappa shape index (κ2) is 13.4. The summed E-state index contributed by atoms with van der Waals surface area (Å²) in [6, 6.07) is 0. The minimum absolute atomic E-state index is 0.363. The van der Waals surface area contributed by atoms with Crippen LogP contribution in [0.25, 0.3) is 0 Å². The van der Waals surface area contributed by atoms with Crippen LogP contribution in [-0.2, 0) is 0 Å². The van der Waals surface area contributed by atoms with Crippen LogP contribution in [0, 0.1) is 11.8 Å². The molecule has 2 heterocycles. The number of nitrogens with zero attached hydrogens (tertiary/aromatic N) is 2. The highest BCUT2D eigenvalue weighted by atomic mass is 32.2. The highest BCUT2D eigenvalue weighted by Crippen LogP contribution is 2.21. The molecule has 2 fully saturated rings. The summed E-state index contributed by atoms with van der Waals surface area (Å²) in [5, 5.41) is 18.0. The number of aliphatic hydroxyl groups excluding tert-OH is 2. The molecule has 2 aliphatic heterocycles. The number of aliphatic hydroxyl groups is 2. The molecule has 4 nitrogen and oxygen atoms in total. The number of rotatable bonds is 12. The Bertz CT molecular complexity index is 287. The first-order chi connectivity index (χ1) is 12.3. The summed E-state index contributed by atoms with van der Waals surface area (Å²) in [5.41, 5.74) is 0. The van der Waals surface area contributed by atoms with Gasteiger partial charge < -0.3 is 20.0 Å². The summed E-state index contributed by atoms with van der Waals surface area (Å²) in [4.78, 5) is 5.23. The molecule has 5 heteroatoms. The fourth-order valence-corrected chi connectivity index (χ4v) is 5.12. The summed E-state index contributed by atoms with van der Waals surface area (Å²) >= 11 is 2.13. The Morgan fingerprint density at radius 1 is 0.680 bits per heavy atom. The molecule has 0 atom stereocenters. The minimum Gasteiger partial charge on any atom is -0.396 e. The summed E-state index contributed by atoms with van der Waals surface area (Å²) in [6.07, 6.45) is 9.77. The molecule has 0 saturated carbocycles. The summed E-state index contributed by atoms with van der Waals surface area (Å²) in [5.74, 6) is 4.14. The first-order valence-corrected chi connectivity index (χ1v) is 11.7. The van der Waals surface area contributed by atoms with Crippen LogP contribution in [-0.4, -0.2) is 84.0 Å². The fraction of sp³-hybridized carbons (Fsp3) is 1.00. The highest BCUT2D eigenvalue weighted by Gasteiger charge is 2.19. The van der Waals surface area contributed by atoms with E-state index in [-0.39, 0.29) is 0 Å². The Labute approximate surface area is 159 Å². The molecule has 0 aliphatic carbocycles. The number of thioether (sulfide) groups is 1. The highest BCUT2D eigenvalue weighted by molar-refractivity contribution is 7.99. The van der Waals surface area contributed by atoms with Gasteiger partial charge in [0.05, 0.1) is 0 Å². The molecule has 2 aliphatic rings. The fourth-order valence-electron chi connectivity index (χ4n) is 4.25. The quantitative estimate of drug-likeness (QED) is 0.516. The van der Waals surface area contributed by atoms with Gasteiger partial charge >= 0.3 is 0 Å².